The van der Waals surface area contributed by atoms with Crippen LogP contribution in [0.4, 0.5) is 13.2 Å². The summed E-state index contributed by atoms with van der Waals surface area (Å²) in [7, 11) is 0. The molecule has 1 heterocycles. The number of halogens is 4. The van der Waals surface area contributed by atoms with Crippen LogP contribution in [0.5, 0.6) is 0 Å². The molecule has 0 bridgehead atoms. The van der Waals surface area contributed by atoms with Crippen molar-refractivity contribution in [3.63, 3.8) is 0 Å². The Morgan fingerprint density at radius 3 is 2.32 bits per heavy atom. The molecule has 1 unspecified atom stereocenters. The van der Waals surface area contributed by atoms with E-state index in [1.165, 1.54) is 11.3 Å². The molecule has 1 aromatic carbocycles. The summed E-state index contributed by atoms with van der Waals surface area (Å²) in [6, 6.07) is 3.30. The fourth-order valence-electron chi connectivity index (χ4n) is 1.71. The fourth-order valence-corrected chi connectivity index (χ4v) is 3.21. The van der Waals surface area contributed by atoms with Gasteiger partial charge in [-0.05, 0) is 39.7 Å². The average Bonchev–Trinajstić information content (AvgIpc) is 2.78. The van der Waals surface area contributed by atoms with E-state index in [2.05, 4.69) is 21.4 Å². The molecule has 0 aliphatic carbocycles. The van der Waals surface area contributed by atoms with E-state index in [-0.39, 0.29) is 5.56 Å². The van der Waals surface area contributed by atoms with Crippen LogP contribution in [0.2, 0.25) is 0 Å². The van der Waals surface area contributed by atoms with Gasteiger partial charge in [-0.3, -0.25) is 11.3 Å². The Hall–Kier alpha value is -0.890. The third kappa shape index (κ3) is 3.36. The molecule has 1 atom stereocenters. The van der Waals surface area contributed by atoms with Gasteiger partial charge in [0, 0.05) is 21.2 Å². The van der Waals surface area contributed by atoms with Gasteiger partial charge in [0.25, 0.3) is 0 Å². The Morgan fingerprint density at radius 2 is 1.84 bits per heavy atom. The van der Waals surface area contributed by atoms with Crippen LogP contribution in [0.25, 0.3) is 0 Å². The molecule has 19 heavy (non-hydrogen) atoms. The van der Waals surface area contributed by atoms with E-state index in [0.29, 0.717) is 6.42 Å². The smallest absolute Gasteiger partial charge is 0.194 e. The highest BCUT2D eigenvalue weighted by Gasteiger charge is 2.17. The second-order valence-corrected chi connectivity index (χ2v) is 5.86. The molecule has 0 aliphatic rings. The zero-order valence-corrected chi connectivity index (χ0v) is 12.0. The highest BCUT2D eigenvalue weighted by Crippen LogP contribution is 2.26. The molecule has 102 valence electrons. The quantitative estimate of drug-likeness (QED) is 0.501. The topological polar surface area (TPSA) is 38.0 Å². The molecular formula is C12H10BrF3N2S. The number of hydrogen-bond donors (Lipinski definition) is 2. The van der Waals surface area contributed by atoms with Crippen molar-refractivity contribution in [1.82, 2.24) is 5.43 Å². The van der Waals surface area contributed by atoms with Crippen LogP contribution in [0.15, 0.2) is 28.1 Å². The second-order valence-electron chi connectivity index (χ2n) is 3.95. The summed E-state index contributed by atoms with van der Waals surface area (Å²) in [6.45, 7) is 0. The average molecular weight is 351 g/mol. The molecular weight excluding hydrogens is 341 g/mol. The van der Waals surface area contributed by atoms with Crippen molar-refractivity contribution in [3.8, 4) is 0 Å². The Labute approximate surface area is 120 Å². The maximum atomic E-state index is 13.2. The van der Waals surface area contributed by atoms with E-state index in [1.807, 2.05) is 11.4 Å². The first-order valence-corrected chi connectivity index (χ1v) is 7.02. The van der Waals surface area contributed by atoms with E-state index in [1.54, 1.807) is 0 Å². The van der Waals surface area contributed by atoms with Gasteiger partial charge in [-0.2, -0.15) is 0 Å². The van der Waals surface area contributed by atoms with Crippen LogP contribution in [0.3, 0.4) is 0 Å². The van der Waals surface area contributed by atoms with Gasteiger partial charge in [0.1, 0.15) is 0 Å². The Balaban J connectivity index is 2.27. The molecule has 0 amide bonds. The number of nitrogens with one attached hydrogen (secondary N) is 1. The van der Waals surface area contributed by atoms with Crippen molar-refractivity contribution in [1.29, 1.82) is 0 Å². The first-order chi connectivity index (χ1) is 9.01. The van der Waals surface area contributed by atoms with E-state index in [4.69, 9.17) is 5.84 Å². The van der Waals surface area contributed by atoms with E-state index in [0.717, 1.165) is 21.5 Å². The summed E-state index contributed by atoms with van der Waals surface area (Å²) < 4.78 is 40.2. The second kappa shape index (κ2) is 6.04. The number of benzene rings is 1. The summed E-state index contributed by atoms with van der Waals surface area (Å²) in [6.07, 6.45) is 0.456. The van der Waals surface area contributed by atoms with Gasteiger partial charge in [0.15, 0.2) is 17.5 Å². The van der Waals surface area contributed by atoms with Gasteiger partial charge in [0.05, 0.1) is 6.04 Å². The van der Waals surface area contributed by atoms with Gasteiger partial charge >= 0.3 is 0 Å². The molecule has 7 heteroatoms. The van der Waals surface area contributed by atoms with Crippen LogP contribution in [0.1, 0.15) is 16.5 Å². The maximum absolute atomic E-state index is 13.2. The van der Waals surface area contributed by atoms with Gasteiger partial charge in [-0.1, -0.05) is 0 Å². The van der Waals surface area contributed by atoms with E-state index < -0.39 is 23.5 Å². The SMILES string of the molecule is NNC(Cc1cc(Br)cs1)c1cc(F)c(F)c(F)c1. The third-order valence-corrected chi connectivity index (χ3v) is 4.36. The van der Waals surface area contributed by atoms with E-state index in [9.17, 15) is 13.2 Å². The first kappa shape index (κ1) is 14.5. The largest absolute Gasteiger partial charge is 0.271 e. The summed E-state index contributed by atoms with van der Waals surface area (Å²) in [4.78, 5) is 0.986. The summed E-state index contributed by atoms with van der Waals surface area (Å²) in [5.74, 6) is 1.49. The minimum absolute atomic E-state index is 0.267. The van der Waals surface area contributed by atoms with Gasteiger partial charge < -0.3 is 0 Å². The lowest BCUT2D eigenvalue weighted by molar-refractivity contribution is 0.439. The molecule has 0 radical (unpaired) electrons. The molecule has 0 fully saturated rings. The minimum atomic E-state index is -1.47. The monoisotopic (exact) mass is 350 g/mol. The Morgan fingerprint density at radius 1 is 1.21 bits per heavy atom. The summed E-state index contributed by atoms with van der Waals surface area (Å²) >= 11 is 4.82. The molecule has 0 saturated carbocycles. The normalized spacial score (nSPS) is 12.7. The molecule has 0 aliphatic heterocycles. The molecule has 3 N–H and O–H groups in total. The molecule has 2 aromatic rings. The molecule has 0 spiro atoms. The molecule has 2 rings (SSSR count). The Bertz CT molecular complexity index is 565. The third-order valence-electron chi connectivity index (χ3n) is 2.64. The lowest BCUT2D eigenvalue weighted by Gasteiger charge is -2.16. The molecule has 1 aromatic heterocycles. The predicted octanol–water partition coefficient (Wildman–Crippen LogP) is 3.68. The van der Waals surface area contributed by atoms with Crippen LogP contribution in [-0.4, -0.2) is 0 Å². The minimum Gasteiger partial charge on any atom is -0.271 e. The Kier molecular flexibility index (Phi) is 4.62. The van der Waals surface area contributed by atoms with Crippen molar-refractivity contribution in [2.75, 3.05) is 0 Å². The fraction of sp³-hybridized carbons (Fsp3) is 0.167. The molecule has 0 saturated heterocycles. The molecule has 2 nitrogen and oxygen atoms in total. The maximum Gasteiger partial charge on any atom is 0.194 e. The lowest BCUT2D eigenvalue weighted by atomic mass is 10.0. The van der Waals surface area contributed by atoms with Crippen molar-refractivity contribution < 1.29 is 13.2 Å². The van der Waals surface area contributed by atoms with Crippen LogP contribution in [0, 0.1) is 17.5 Å². The van der Waals surface area contributed by atoms with Gasteiger partial charge in [0.2, 0.25) is 0 Å². The van der Waals surface area contributed by atoms with E-state index >= 15 is 0 Å². The van der Waals surface area contributed by atoms with Crippen LogP contribution < -0.4 is 11.3 Å². The lowest BCUT2D eigenvalue weighted by Crippen LogP contribution is -2.29. The number of thiophene rings is 1. The predicted molar refractivity (Wildman–Crippen MR) is 72.1 cm³/mol. The summed E-state index contributed by atoms with van der Waals surface area (Å²) in [5.41, 5.74) is 2.75. The van der Waals surface area contributed by atoms with Gasteiger partial charge in [-0.25, -0.2) is 13.2 Å². The standard InChI is InChI=1S/C12H10BrF3N2S/c13-7-3-8(19-5-7)4-11(18-17)6-1-9(14)12(16)10(15)2-6/h1-3,5,11,18H,4,17H2. The van der Waals surface area contributed by atoms with Crippen LogP contribution in [-0.2, 0) is 6.42 Å². The summed E-state index contributed by atoms with van der Waals surface area (Å²) in [5, 5.41) is 1.90. The van der Waals surface area contributed by atoms with Gasteiger partial charge in [-0.15, -0.1) is 11.3 Å². The first-order valence-electron chi connectivity index (χ1n) is 5.34. The highest BCUT2D eigenvalue weighted by atomic mass is 79.9. The number of hydrogen-bond acceptors (Lipinski definition) is 3. The van der Waals surface area contributed by atoms with Crippen molar-refractivity contribution in [2.45, 2.75) is 12.5 Å². The highest BCUT2D eigenvalue weighted by molar-refractivity contribution is 9.10. The zero-order valence-electron chi connectivity index (χ0n) is 9.59. The van der Waals surface area contributed by atoms with Crippen molar-refractivity contribution in [3.05, 3.63) is 55.9 Å². The number of hydrazine groups is 1. The van der Waals surface area contributed by atoms with Crippen LogP contribution >= 0.6 is 27.3 Å². The zero-order chi connectivity index (χ0) is 14.0. The number of rotatable bonds is 4. The van der Waals surface area contributed by atoms with Crippen molar-refractivity contribution in [2.24, 2.45) is 5.84 Å². The van der Waals surface area contributed by atoms with Crippen molar-refractivity contribution >= 4 is 27.3 Å². The number of nitrogens with two attached hydrogens (primary N) is 1.